The summed E-state index contributed by atoms with van der Waals surface area (Å²) in [5, 5.41) is 3.35. The third kappa shape index (κ3) is 5.44. The van der Waals surface area contributed by atoms with Gasteiger partial charge < -0.3 is 10.1 Å². The van der Waals surface area contributed by atoms with Gasteiger partial charge in [-0.25, -0.2) is 0 Å². The van der Waals surface area contributed by atoms with E-state index >= 15 is 0 Å². The summed E-state index contributed by atoms with van der Waals surface area (Å²) in [6.45, 7) is 11.9. The molecule has 2 atom stereocenters. The SMILES string of the molecule is CCNCc1ccc(COC2CC(C)CC(C)(C)C2)cc1. The van der Waals surface area contributed by atoms with Gasteiger partial charge in [0.25, 0.3) is 0 Å². The van der Waals surface area contributed by atoms with E-state index < -0.39 is 0 Å². The van der Waals surface area contributed by atoms with Crippen LogP contribution in [0, 0.1) is 11.3 Å². The highest BCUT2D eigenvalue weighted by Crippen LogP contribution is 2.39. The Morgan fingerprint density at radius 3 is 2.43 bits per heavy atom. The Bertz CT molecular complexity index is 424. The fourth-order valence-corrected chi connectivity index (χ4v) is 3.62. The molecule has 0 heterocycles. The number of benzene rings is 1. The van der Waals surface area contributed by atoms with E-state index in [1.807, 2.05) is 0 Å². The summed E-state index contributed by atoms with van der Waals surface area (Å²) in [5.74, 6) is 0.779. The highest BCUT2D eigenvalue weighted by atomic mass is 16.5. The van der Waals surface area contributed by atoms with Crippen molar-refractivity contribution in [3.8, 4) is 0 Å². The van der Waals surface area contributed by atoms with E-state index in [9.17, 15) is 0 Å². The van der Waals surface area contributed by atoms with E-state index in [4.69, 9.17) is 4.74 Å². The Labute approximate surface area is 130 Å². The standard InChI is InChI=1S/C19H31NO/c1-5-20-13-16-6-8-17(9-7-16)14-21-18-10-15(2)11-19(3,4)12-18/h6-9,15,18,20H,5,10-14H2,1-4H3. The molecule has 118 valence electrons. The van der Waals surface area contributed by atoms with Gasteiger partial charge in [-0.3, -0.25) is 0 Å². The second-order valence-electron chi connectivity index (χ2n) is 7.44. The minimum atomic E-state index is 0.421. The molecule has 1 saturated carbocycles. The second-order valence-corrected chi connectivity index (χ2v) is 7.44. The maximum atomic E-state index is 6.18. The van der Waals surface area contributed by atoms with Crippen molar-refractivity contribution in [3.63, 3.8) is 0 Å². The monoisotopic (exact) mass is 289 g/mol. The van der Waals surface area contributed by atoms with E-state index in [1.165, 1.54) is 30.4 Å². The smallest absolute Gasteiger partial charge is 0.0720 e. The zero-order valence-corrected chi connectivity index (χ0v) is 14.1. The highest BCUT2D eigenvalue weighted by Gasteiger charge is 2.32. The molecule has 2 heteroatoms. The minimum absolute atomic E-state index is 0.421. The van der Waals surface area contributed by atoms with Gasteiger partial charge >= 0.3 is 0 Å². The number of ether oxygens (including phenoxy) is 1. The molecular weight excluding hydrogens is 258 g/mol. The van der Waals surface area contributed by atoms with Crippen molar-refractivity contribution < 1.29 is 4.74 Å². The molecule has 0 aromatic heterocycles. The third-order valence-electron chi connectivity index (χ3n) is 4.43. The van der Waals surface area contributed by atoms with Crippen LogP contribution >= 0.6 is 0 Å². The summed E-state index contributed by atoms with van der Waals surface area (Å²) in [4.78, 5) is 0. The topological polar surface area (TPSA) is 21.3 Å². The van der Waals surface area contributed by atoms with Crippen LogP contribution in [-0.2, 0) is 17.9 Å². The molecule has 21 heavy (non-hydrogen) atoms. The first kappa shape index (κ1) is 16.5. The predicted molar refractivity (Wildman–Crippen MR) is 89.2 cm³/mol. The number of hydrogen-bond donors (Lipinski definition) is 1. The summed E-state index contributed by atoms with van der Waals surface area (Å²) < 4.78 is 6.18. The van der Waals surface area contributed by atoms with Gasteiger partial charge in [0, 0.05) is 6.54 Å². The molecular formula is C19H31NO. The first-order chi connectivity index (χ1) is 9.98. The number of rotatable bonds is 6. The van der Waals surface area contributed by atoms with Crippen LogP contribution in [0.5, 0.6) is 0 Å². The molecule has 2 unspecified atom stereocenters. The lowest BCUT2D eigenvalue weighted by molar-refractivity contribution is -0.0316. The summed E-state index contributed by atoms with van der Waals surface area (Å²) in [7, 11) is 0. The van der Waals surface area contributed by atoms with Gasteiger partial charge in [-0.05, 0) is 48.3 Å². The van der Waals surface area contributed by atoms with Crippen molar-refractivity contribution in [2.75, 3.05) is 6.54 Å². The minimum Gasteiger partial charge on any atom is -0.374 e. The lowest BCUT2D eigenvalue weighted by atomic mass is 9.71. The molecule has 1 fully saturated rings. The predicted octanol–water partition coefficient (Wildman–Crippen LogP) is 4.53. The summed E-state index contributed by atoms with van der Waals surface area (Å²) in [6, 6.07) is 8.80. The maximum absolute atomic E-state index is 6.18. The molecule has 0 bridgehead atoms. The molecule has 0 amide bonds. The first-order valence-electron chi connectivity index (χ1n) is 8.38. The second kappa shape index (κ2) is 7.42. The summed E-state index contributed by atoms with van der Waals surface area (Å²) >= 11 is 0. The fraction of sp³-hybridized carbons (Fsp3) is 0.684. The van der Waals surface area contributed by atoms with E-state index in [-0.39, 0.29) is 0 Å². The van der Waals surface area contributed by atoms with Crippen LogP contribution in [0.1, 0.15) is 58.1 Å². The van der Waals surface area contributed by atoms with Crippen LogP contribution < -0.4 is 5.32 Å². The van der Waals surface area contributed by atoms with Gasteiger partial charge in [0.1, 0.15) is 0 Å². The van der Waals surface area contributed by atoms with Gasteiger partial charge in [0.05, 0.1) is 12.7 Å². The fourth-order valence-electron chi connectivity index (χ4n) is 3.62. The quantitative estimate of drug-likeness (QED) is 0.831. The maximum Gasteiger partial charge on any atom is 0.0720 e. The van der Waals surface area contributed by atoms with Crippen molar-refractivity contribution in [2.24, 2.45) is 11.3 Å². The molecule has 0 radical (unpaired) electrons. The van der Waals surface area contributed by atoms with Crippen molar-refractivity contribution in [1.29, 1.82) is 0 Å². The third-order valence-corrected chi connectivity index (χ3v) is 4.43. The Morgan fingerprint density at radius 2 is 1.81 bits per heavy atom. The Hall–Kier alpha value is -0.860. The molecule has 1 aliphatic carbocycles. The molecule has 0 aliphatic heterocycles. The average molecular weight is 289 g/mol. The van der Waals surface area contributed by atoms with Crippen molar-refractivity contribution in [3.05, 3.63) is 35.4 Å². The zero-order valence-electron chi connectivity index (χ0n) is 14.1. The molecule has 1 aromatic rings. The summed E-state index contributed by atoms with van der Waals surface area (Å²) in [6.07, 6.45) is 4.15. The Balaban J connectivity index is 1.82. The van der Waals surface area contributed by atoms with Crippen LogP contribution in [0.4, 0.5) is 0 Å². The molecule has 2 rings (SSSR count). The van der Waals surface area contributed by atoms with Crippen LogP contribution in [0.3, 0.4) is 0 Å². The molecule has 1 N–H and O–H groups in total. The van der Waals surface area contributed by atoms with Gasteiger partial charge in [-0.1, -0.05) is 52.0 Å². The van der Waals surface area contributed by atoms with Gasteiger partial charge in [-0.15, -0.1) is 0 Å². The lowest BCUT2D eigenvalue weighted by Gasteiger charge is -2.38. The van der Waals surface area contributed by atoms with Crippen LogP contribution in [0.2, 0.25) is 0 Å². The molecule has 0 spiro atoms. The largest absolute Gasteiger partial charge is 0.374 e. The average Bonchev–Trinajstić information content (AvgIpc) is 2.42. The van der Waals surface area contributed by atoms with Crippen LogP contribution in [0.15, 0.2) is 24.3 Å². The van der Waals surface area contributed by atoms with Crippen LogP contribution in [0.25, 0.3) is 0 Å². The van der Waals surface area contributed by atoms with Gasteiger partial charge in [0.2, 0.25) is 0 Å². The number of hydrogen-bond acceptors (Lipinski definition) is 2. The van der Waals surface area contributed by atoms with Crippen LogP contribution in [-0.4, -0.2) is 12.6 Å². The Kier molecular flexibility index (Phi) is 5.83. The van der Waals surface area contributed by atoms with Crippen molar-refractivity contribution in [1.82, 2.24) is 5.32 Å². The molecule has 1 aliphatic rings. The molecule has 1 aromatic carbocycles. The number of nitrogens with one attached hydrogen (secondary N) is 1. The molecule has 2 nitrogen and oxygen atoms in total. The van der Waals surface area contributed by atoms with Crippen molar-refractivity contribution in [2.45, 2.75) is 66.2 Å². The zero-order chi connectivity index (χ0) is 15.3. The normalized spacial score (nSPS) is 25.0. The first-order valence-corrected chi connectivity index (χ1v) is 8.38. The lowest BCUT2D eigenvalue weighted by Crippen LogP contribution is -2.32. The summed E-state index contributed by atoms with van der Waals surface area (Å²) in [5.41, 5.74) is 3.05. The Morgan fingerprint density at radius 1 is 1.14 bits per heavy atom. The van der Waals surface area contributed by atoms with Crippen molar-refractivity contribution >= 4 is 0 Å². The van der Waals surface area contributed by atoms with Gasteiger partial charge in [-0.2, -0.15) is 0 Å². The molecule has 0 saturated heterocycles. The van der Waals surface area contributed by atoms with E-state index in [1.54, 1.807) is 0 Å². The van der Waals surface area contributed by atoms with E-state index in [0.29, 0.717) is 11.5 Å². The van der Waals surface area contributed by atoms with Gasteiger partial charge in [0.15, 0.2) is 0 Å². The van der Waals surface area contributed by atoms with E-state index in [2.05, 4.69) is 57.3 Å². The van der Waals surface area contributed by atoms with E-state index in [0.717, 1.165) is 25.6 Å². The highest BCUT2D eigenvalue weighted by molar-refractivity contribution is 5.21.